The van der Waals surface area contributed by atoms with Gasteiger partial charge in [-0.3, -0.25) is 14.5 Å². The summed E-state index contributed by atoms with van der Waals surface area (Å²) in [6.45, 7) is 3.06. The Hall–Kier alpha value is -3.38. The molecule has 0 aromatic heterocycles. The van der Waals surface area contributed by atoms with Gasteiger partial charge in [-0.05, 0) is 42.7 Å². The fraction of sp³-hybridized carbons (Fsp3) is 0.400. The number of sulfonamides is 1. The van der Waals surface area contributed by atoms with E-state index >= 15 is 0 Å². The zero-order valence-corrected chi connectivity index (χ0v) is 21.4. The van der Waals surface area contributed by atoms with E-state index < -0.39 is 51.6 Å². The Morgan fingerprint density at radius 3 is 2.24 bits per heavy atom. The van der Waals surface area contributed by atoms with Crippen molar-refractivity contribution in [3.8, 4) is 0 Å². The number of amides is 4. The minimum atomic E-state index is -4.08. The minimum absolute atomic E-state index is 0.0154. The second-order valence-electron chi connectivity index (χ2n) is 9.25. The highest BCUT2D eigenvalue weighted by Crippen LogP contribution is 2.29. The van der Waals surface area contributed by atoms with E-state index in [2.05, 4.69) is 12.2 Å². The Morgan fingerprint density at radius 1 is 1.00 bits per heavy atom. The average molecular weight is 535 g/mol. The van der Waals surface area contributed by atoms with Gasteiger partial charge < -0.3 is 10.2 Å². The molecule has 1 unspecified atom stereocenters. The molecule has 0 radical (unpaired) electrons. The summed E-state index contributed by atoms with van der Waals surface area (Å²) in [7, 11) is -4.08. The molecule has 2 heterocycles. The van der Waals surface area contributed by atoms with Crippen molar-refractivity contribution in [2.75, 3.05) is 32.7 Å². The zero-order valence-electron chi connectivity index (χ0n) is 20.5. The van der Waals surface area contributed by atoms with Crippen LogP contribution in [0.4, 0.5) is 13.6 Å². The van der Waals surface area contributed by atoms with Gasteiger partial charge >= 0.3 is 6.03 Å². The molecule has 2 aromatic rings. The van der Waals surface area contributed by atoms with Crippen molar-refractivity contribution in [1.82, 2.24) is 19.4 Å². The lowest BCUT2D eigenvalue weighted by molar-refractivity contribution is -0.139. The van der Waals surface area contributed by atoms with Crippen molar-refractivity contribution in [3.63, 3.8) is 0 Å². The Labute approximate surface area is 214 Å². The fourth-order valence-corrected chi connectivity index (χ4v) is 5.96. The molecule has 0 bridgehead atoms. The Balaban J connectivity index is 1.39. The number of hydrogen-bond acceptors (Lipinski definition) is 5. The lowest BCUT2D eigenvalue weighted by atomic mass is 9.91. The van der Waals surface area contributed by atoms with Crippen molar-refractivity contribution in [3.05, 3.63) is 65.2 Å². The molecule has 0 saturated carbocycles. The molecular weight excluding hydrogens is 506 g/mol. The predicted molar refractivity (Wildman–Crippen MR) is 130 cm³/mol. The van der Waals surface area contributed by atoms with Gasteiger partial charge in [0.2, 0.25) is 15.9 Å². The van der Waals surface area contributed by atoms with Crippen LogP contribution in [-0.2, 0) is 31.6 Å². The van der Waals surface area contributed by atoms with Gasteiger partial charge in [-0.2, -0.15) is 4.31 Å². The second-order valence-corrected chi connectivity index (χ2v) is 11.2. The molecule has 0 aliphatic carbocycles. The molecule has 12 heteroatoms. The standard InChI is InChI=1S/C25H28F2N4O5S/c1-3-4-17-5-7-18(8-6-17)25(2)23(33)31(24(34)28-25)16-22(32)29-11-13-30(14-12-29)37(35,36)19-9-10-20(26)21(27)15-19/h5-10,15H,3-4,11-14,16H2,1-2H3,(H,28,34). The molecule has 4 rings (SSSR count). The molecule has 2 aromatic carbocycles. The topological polar surface area (TPSA) is 107 Å². The lowest BCUT2D eigenvalue weighted by Gasteiger charge is -2.34. The number of imide groups is 1. The van der Waals surface area contributed by atoms with Crippen molar-refractivity contribution in [2.45, 2.75) is 37.1 Å². The number of rotatable bonds is 7. The van der Waals surface area contributed by atoms with Crippen LogP contribution >= 0.6 is 0 Å². The number of nitrogens with zero attached hydrogens (tertiary/aromatic N) is 3. The van der Waals surface area contributed by atoms with Gasteiger partial charge in [0.1, 0.15) is 12.1 Å². The van der Waals surface area contributed by atoms with Crippen LogP contribution in [-0.4, -0.2) is 73.1 Å². The normalized spacial score (nSPS) is 20.9. The number of carbonyl (C=O) groups is 3. The molecular formula is C25H28F2N4O5S. The fourth-order valence-electron chi connectivity index (χ4n) is 4.53. The van der Waals surface area contributed by atoms with Gasteiger partial charge in [0, 0.05) is 26.2 Å². The summed E-state index contributed by atoms with van der Waals surface area (Å²) < 4.78 is 53.4. The first kappa shape index (κ1) is 26.7. The summed E-state index contributed by atoms with van der Waals surface area (Å²) in [6, 6.07) is 9.07. The molecule has 37 heavy (non-hydrogen) atoms. The monoisotopic (exact) mass is 534 g/mol. The van der Waals surface area contributed by atoms with E-state index in [0.29, 0.717) is 11.6 Å². The average Bonchev–Trinajstić information content (AvgIpc) is 3.10. The van der Waals surface area contributed by atoms with Crippen molar-refractivity contribution in [1.29, 1.82) is 0 Å². The highest BCUT2D eigenvalue weighted by molar-refractivity contribution is 7.89. The maximum atomic E-state index is 13.5. The first-order valence-electron chi connectivity index (χ1n) is 11.9. The second kappa shape index (κ2) is 10.2. The highest BCUT2D eigenvalue weighted by atomic mass is 32.2. The number of halogens is 2. The van der Waals surface area contributed by atoms with Gasteiger partial charge in [0.25, 0.3) is 5.91 Å². The molecule has 1 atom stereocenters. The summed E-state index contributed by atoms with van der Waals surface area (Å²) in [5, 5.41) is 2.68. The van der Waals surface area contributed by atoms with Gasteiger partial charge in [0.05, 0.1) is 4.90 Å². The van der Waals surface area contributed by atoms with Crippen LogP contribution in [0, 0.1) is 11.6 Å². The smallest absolute Gasteiger partial charge is 0.325 e. The lowest BCUT2D eigenvalue weighted by Crippen LogP contribution is -2.53. The molecule has 0 spiro atoms. The van der Waals surface area contributed by atoms with Crippen LogP contribution in [0.3, 0.4) is 0 Å². The van der Waals surface area contributed by atoms with E-state index in [1.54, 1.807) is 19.1 Å². The molecule has 2 fully saturated rings. The number of piperazine rings is 1. The first-order valence-corrected chi connectivity index (χ1v) is 13.4. The molecule has 198 valence electrons. The van der Waals surface area contributed by atoms with Crippen molar-refractivity contribution >= 4 is 27.9 Å². The summed E-state index contributed by atoms with van der Waals surface area (Å²) in [4.78, 5) is 40.6. The van der Waals surface area contributed by atoms with E-state index in [0.717, 1.165) is 39.7 Å². The number of carbonyl (C=O) groups excluding carboxylic acids is 3. The Bertz CT molecular complexity index is 1330. The number of benzene rings is 2. The van der Waals surface area contributed by atoms with E-state index in [1.165, 1.54) is 4.90 Å². The van der Waals surface area contributed by atoms with Crippen LogP contribution in [0.5, 0.6) is 0 Å². The summed E-state index contributed by atoms with van der Waals surface area (Å²) >= 11 is 0. The molecule has 2 aliphatic rings. The quantitative estimate of drug-likeness (QED) is 0.549. The maximum absolute atomic E-state index is 13.5. The summed E-state index contributed by atoms with van der Waals surface area (Å²) in [5.41, 5.74) is 0.417. The maximum Gasteiger partial charge on any atom is 0.325 e. The van der Waals surface area contributed by atoms with Crippen LogP contribution in [0.25, 0.3) is 0 Å². The third-order valence-corrected chi connectivity index (χ3v) is 8.65. The van der Waals surface area contributed by atoms with Gasteiger partial charge in [-0.1, -0.05) is 37.6 Å². The SMILES string of the molecule is CCCc1ccc(C2(C)NC(=O)N(CC(=O)N3CCN(S(=O)(=O)c4ccc(F)c(F)c4)CC3)C2=O)cc1. The Morgan fingerprint density at radius 2 is 1.65 bits per heavy atom. The summed E-state index contributed by atoms with van der Waals surface area (Å²) in [6.07, 6.45) is 1.88. The third kappa shape index (κ3) is 5.08. The highest BCUT2D eigenvalue weighted by Gasteiger charge is 2.49. The molecule has 2 aliphatic heterocycles. The molecule has 9 nitrogen and oxygen atoms in total. The van der Waals surface area contributed by atoms with E-state index in [1.807, 2.05) is 12.1 Å². The van der Waals surface area contributed by atoms with Crippen molar-refractivity contribution < 1.29 is 31.6 Å². The van der Waals surface area contributed by atoms with Crippen LogP contribution in [0.2, 0.25) is 0 Å². The largest absolute Gasteiger partial charge is 0.338 e. The molecule has 2 saturated heterocycles. The number of nitrogens with one attached hydrogen (secondary N) is 1. The molecule has 4 amide bonds. The van der Waals surface area contributed by atoms with Crippen LogP contribution < -0.4 is 5.32 Å². The van der Waals surface area contributed by atoms with Gasteiger partial charge in [-0.25, -0.2) is 22.0 Å². The Kier molecular flexibility index (Phi) is 7.33. The third-order valence-electron chi connectivity index (χ3n) is 6.76. The first-order chi connectivity index (χ1) is 17.5. The number of urea groups is 1. The van der Waals surface area contributed by atoms with Gasteiger partial charge in [0.15, 0.2) is 11.6 Å². The zero-order chi connectivity index (χ0) is 27.0. The van der Waals surface area contributed by atoms with Crippen LogP contribution in [0.15, 0.2) is 47.4 Å². The number of aryl methyl sites for hydroxylation is 1. The van der Waals surface area contributed by atoms with E-state index in [4.69, 9.17) is 0 Å². The van der Waals surface area contributed by atoms with Crippen molar-refractivity contribution in [2.24, 2.45) is 0 Å². The minimum Gasteiger partial charge on any atom is -0.338 e. The van der Waals surface area contributed by atoms with Crippen LogP contribution in [0.1, 0.15) is 31.4 Å². The summed E-state index contributed by atoms with van der Waals surface area (Å²) in [5.74, 6) is -3.48. The van der Waals surface area contributed by atoms with E-state index in [9.17, 15) is 31.6 Å². The van der Waals surface area contributed by atoms with E-state index in [-0.39, 0.29) is 31.1 Å². The molecule has 1 N–H and O–H groups in total. The number of hydrogen-bond donors (Lipinski definition) is 1. The van der Waals surface area contributed by atoms with Gasteiger partial charge in [-0.15, -0.1) is 0 Å². The predicted octanol–water partition coefficient (Wildman–Crippen LogP) is 2.22.